The van der Waals surface area contributed by atoms with Crippen LogP contribution in [0.2, 0.25) is 0 Å². The van der Waals surface area contributed by atoms with E-state index < -0.39 is 0 Å². The maximum Gasteiger partial charge on any atom is 0.135 e. The quantitative estimate of drug-likeness (QED) is 0.180. The fraction of sp³-hybridized carbons (Fsp3) is 0. The Balaban J connectivity index is 1.11. The molecule has 59 heavy (non-hydrogen) atoms. The SMILES string of the molecule is c1ccc2c(c1)oc1ccc(-n3c4ccccc4c4cc5c(cc43)c3cc(-n4c6ccccc6c6ccccc64)ccc3n5-c3ccc4oc5ccccc5c4c3)cc12. The van der Waals surface area contributed by atoms with Gasteiger partial charge in [-0.2, -0.15) is 0 Å². The van der Waals surface area contributed by atoms with Gasteiger partial charge in [0, 0.05) is 70.9 Å². The van der Waals surface area contributed by atoms with Crippen molar-refractivity contribution in [3.05, 3.63) is 188 Å². The average Bonchev–Trinajstić information content (AvgIpc) is 4.09. The van der Waals surface area contributed by atoms with Crippen LogP contribution in [0.5, 0.6) is 0 Å². The van der Waals surface area contributed by atoms with Gasteiger partial charge in [-0.3, -0.25) is 0 Å². The maximum absolute atomic E-state index is 6.30. The summed E-state index contributed by atoms with van der Waals surface area (Å²) in [7, 11) is 0. The molecule has 0 unspecified atom stereocenters. The van der Waals surface area contributed by atoms with E-state index in [0.717, 1.165) is 83.0 Å². The van der Waals surface area contributed by atoms with Gasteiger partial charge in [-0.25, -0.2) is 0 Å². The number of benzene rings is 9. The summed E-state index contributed by atoms with van der Waals surface area (Å²) >= 11 is 0. The molecule has 0 amide bonds. The van der Waals surface area contributed by atoms with Crippen molar-refractivity contribution in [2.45, 2.75) is 0 Å². The van der Waals surface area contributed by atoms with E-state index in [2.05, 4.69) is 177 Å². The average molecular weight is 754 g/mol. The van der Waals surface area contributed by atoms with Gasteiger partial charge in [-0.05, 0) is 97.1 Å². The molecule has 0 radical (unpaired) electrons. The summed E-state index contributed by atoms with van der Waals surface area (Å²) < 4.78 is 19.9. The van der Waals surface area contributed by atoms with Crippen molar-refractivity contribution < 1.29 is 8.83 Å². The molecule has 0 atom stereocenters. The Labute approximate surface area is 335 Å². The monoisotopic (exact) mass is 753 g/mol. The minimum Gasteiger partial charge on any atom is -0.456 e. The smallest absolute Gasteiger partial charge is 0.135 e. The van der Waals surface area contributed by atoms with E-state index in [0.29, 0.717) is 0 Å². The third-order valence-corrected chi connectivity index (χ3v) is 12.6. The second-order valence-electron chi connectivity index (χ2n) is 15.7. The fourth-order valence-electron chi connectivity index (χ4n) is 10.1. The van der Waals surface area contributed by atoms with Crippen LogP contribution >= 0.6 is 0 Å². The Morgan fingerprint density at radius 1 is 0.220 bits per heavy atom. The summed E-state index contributed by atoms with van der Waals surface area (Å²) in [5.74, 6) is 0. The number of para-hydroxylation sites is 5. The highest BCUT2D eigenvalue weighted by atomic mass is 16.3. The lowest BCUT2D eigenvalue weighted by Gasteiger charge is -2.10. The van der Waals surface area contributed by atoms with Crippen LogP contribution in [0.25, 0.3) is 126 Å². The van der Waals surface area contributed by atoms with Gasteiger partial charge in [0.1, 0.15) is 22.3 Å². The van der Waals surface area contributed by atoms with Crippen LogP contribution in [0.15, 0.2) is 197 Å². The van der Waals surface area contributed by atoms with Crippen LogP contribution < -0.4 is 0 Å². The number of fused-ring (bicyclic) bond motifs is 15. The van der Waals surface area contributed by atoms with Gasteiger partial charge in [0.05, 0.1) is 33.1 Å². The topological polar surface area (TPSA) is 41.1 Å². The van der Waals surface area contributed by atoms with E-state index in [-0.39, 0.29) is 0 Å². The molecule has 14 rings (SSSR count). The normalized spacial score (nSPS) is 12.4. The van der Waals surface area contributed by atoms with Crippen LogP contribution in [0.3, 0.4) is 0 Å². The molecule has 5 nitrogen and oxygen atoms in total. The first-order valence-corrected chi connectivity index (χ1v) is 20.1. The molecule has 0 saturated heterocycles. The minimum atomic E-state index is 0.886. The van der Waals surface area contributed by atoms with Crippen molar-refractivity contribution >= 4 is 109 Å². The lowest BCUT2D eigenvalue weighted by molar-refractivity contribution is 0.668. The predicted molar refractivity (Wildman–Crippen MR) is 244 cm³/mol. The Morgan fingerprint density at radius 2 is 0.542 bits per heavy atom. The standard InChI is InChI=1S/C54H31N3O2/c1-6-16-45-35(11-1)36-12-2-7-17-46(36)55(45)32-21-24-48-40(27-32)42-31-49-41(30-50(42)57(48)34-23-26-54-44(29-34)39-15-5-10-20-52(39)59-54)37-13-3-8-18-47(37)56(49)33-22-25-53-43(28-33)38-14-4-9-19-51(38)58-53/h1-31H. The number of rotatable bonds is 3. The highest BCUT2D eigenvalue weighted by Crippen LogP contribution is 2.43. The summed E-state index contributed by atoms with van der Waals surface area (Å²) in [5, 5.41) is 11.7. The lowest BCUT2D eigenvalue weighted by Crippen LogP contribution is -1.96. The molecule has 0 bridgehead atoms. The van der Waals surface area contributed by atoms with E-state index >= 15 is 0 Å². The molecule has 5 heteroatoms. The lowest BCUT2D eigenvalue weighted by atomic mass is 10.1. The second kappa shape index (κ2) is 11.3. The van der Waals surface area contributed by atoms with Crippen LogP contribution in [0.4, 0.5) is 0 Å². The Hall–Kier alpha value is -8.02. The molecule has 0 aliphatic heterocycles. The van der Waals surface area contributed by atoms with Gasteiger partial charge in [-0.15, -0.1) is 0 Å². The second-order valence-corrected chi connectivity index (χ2v) is 15.7. The highest BCUT2D eigenvalue weighted by molar-refractivity contribution is 6.20. The van der Waals surface area contributed by atoms with E-state index in [1.165, 1.54) is 43.4 Å². The number of aromatic nitrogens is 3. The van der Waals surface area contributed by atoms with Crippen LogP contribution in [-0.2, 0) is 0 Å². The maximum atomic E-state index is 6.30. The molecule has 0 saturated carbocycles. The van der Waals surface area contributed by atoms with E-state index in [4.69, 9.17) is 8.83 Å². The summed E-state index contributed by atoms with van der Waals surface area (Å²) in [5.41, 5.74) is 13.9. The summed E-state index contributed by atoms with van der Waals surface area (Å²) in [4.78, 5) is 0. The first-order chi connectivity index (χ1) is 29.2. The van der Waals surface area contributed by atoms with Crippen molar-refractivity contribution in [1.82, 2.24) is 13.7 Å². The van der Waals surface area contributed by atoms with E-state index in [1.807, 2.05) is 24.3 Å². The predicted octanol–water partition coefficient (Wildman–Crippen LogP) is 14.8. The molecule has 0 fully saturated rings. The van der Waals surface area contributed by atoms with Crippen molar-refractivity contribution in [3.8, 4) is 17.1 Å². The van der Waals surface area contributed by atoms with Crippen LogP contribution in [0.1, 0.15) is 0 Å². The number of nitrogens with zero attached hydrogens (tertiary/aromatic N) is 3. The molecule has 5 aromatic heterocycles. The Bertz CT molecular complexity index is 4040. The van der Waals surface area contributed by atoms with Gasteiger partial charge in [0.2, 0.25) is 0 Å². The van der Waals surface area contributed by atoms with Crippen LogP contribution in [-0.4, -0.2) is 13.7 Å². The van der Waals surface area contributed by atoms with Gasteiger partial charge < -0.3 is 22.5 Å². The van der Waals surface area contributed by atoms with Crippen molar-refractivity contribution in [2.75, 3.05) is 0 Å². The fourth-order valence-corrected chi connectivity index (χ4v) is 10.1. The van der Waals surface area contributed by atoms with Crippen molar-refractivity contribution in [3.63, 3.8) is 0 Å². The summed E-state index contributed by atoms with van der Waals surface area (Å²) in [6, 6.07) is 67.8. The first-order valence-electron chi connectivity index (χ1n) is 20.1. The minimum absolute atomic E-state index is 0.886. The summed E-state index contributed by atoms with van der Waals surface area (Å²) in [6.45, 7) is 0. The zero-order chi connectivity index (χ0) is 38.3. The largest absolute Gasteiger partial charge is 0.456 e. The van der Waals surface area contributed by atoms with Crippen LogP contribution in [0, 0.1) is 0 Å². The number of hydrogen-bond donors (Lipinski definition) is 0. The molecule has 274 valence electrons. The Morgan fingerprint density at radius 3 is 1.05 bits per heavy atom. The zero-order valence-corrected chi connectivity index (χ0v) is 31.6. The van der Waals surface area contributed by atoms with Crippen molar-refractivity contribution in [1.29, 1.82) is 0 Å². The third kappa shape index (κ3) is 4.18. The van der Waals surface area contributed by atoms with Crippen molar-refractivity contribution in [2.24, 2.45) is 0 Å². The van der Waals surface area contributed by atoms with Gasteiger partial charge in [0.25, 0.3) is 0 Å². The molecule has 0 spiro atoms. The zero-order valence-electron chi connectivity index (χ0n) is 31.6. The first kappa shape index (κ1) is 31.1. The molecule has 0 aliphatic carbocycles. The molecular formula is C54H31N3O2. The molecular weight excluding hydrogens is 723 g/mol. The molecule has 0 aliphatic rings. The van der Waals surface area contributed by atoms with Gasteiger partial charge in [0.15, 0.2) is 0 Å². The Kier molecular flexibility index (Phi) is 5.96. The number of furan rings is 2. The number of hydrogen-bond acceptors (Lipinski definition) is 2. The molecule has 0 N–H and O–H groups in total. The third-order valence-electron chi connectivity index (χ3n) is 12.6. The van der Waals surface area contributed by atoms with E-state index in [1.54, 1.807) is 0 Å². The molecule has 9 aromatic carbocycles. The van der Waals surface area contributed by atoms with Gasteiger partial charge >= 0.3 is 0 Å². The highest BCUT2D eigenvalue weighted by Gasteiger charge is 2.21. The summed E-state index contributed by atoms with van der Waals surface area (Å²) in [6.07, 6.45) is 0. The van der Waals surface area contributed by atoms with E-state index in [9.17, 15) is 0 Å². The molecule has 14 aromatic rings. The van der Waals surface area contributed by atoms with Gasteiger partial charge in [-0.1, -0.05) is 91.0 Å². The molecule has 5 heterocycles.